The lowest BCUT2D eigenvalue weighted by Gasteiger charge is -2.31. The van der Waals surface area contributed by atoms with Gasteiger partial charge < -0.3 is 14.2 Å². The van der Waals surface area contributed by atoms with Crippen LogP contribution in [0.2, 0.25) is 0 Å². The molecular weight excluding hydrogens is 438 g/mol. The number of pyridine rings is 1. The van der Waals surface area contributed by atoms with Crippen LogP contribution in [0.4, 0.5) is 0 Å². The number of fused-ring (bicyclic) bond motifs is 1. The monoisotopic (exact) mass is 461 g/mol. The molecule has 0 spiro atoms. The van der Waals surface area contributed by atoms with E-state index in [0.29, 0.717) is 21.7 Å². The molecule has 1 aliphatic rings. The number of rotatable bonds is 7. The maximum absolute atomic E-state index is 13.4. The largest absolute Gasteiger partial charge is 0.468 e. The molecule has 0 aliphatic carbocycles. The van der Waals surface area contributed by atoms with Gasteiger partial charge in [-0.15, -0.1) is 11.8 Å². The van der Waals surface area contributed by atoms with E-state index in [9.17, 15) is 14.4 Å². The first-order valence-corrected chi connectivity index (χ1v) is 11.5. The van der Waals surface area contributed by atoms with Gasteiger partial charge in [-0.2, -0.15) is 0 Å². The topological polar surface area (TPSA) is 91.8 Å². The van der Waals surface area contributed by atoms with Crippen LogP contribution in [0.1, 0.15) is 19.5 Å². The molecular formula is C22H23NO6S2. The first kappa shape index (κ1) is 23.1. The van der Waals surface area contributed by atoms with Crippen LogP contribution in [0.3, 0.4) is 0 Å². The van der Waals surface area contributed by atoms with Crippen molar-refractivity contribution in [2.45, 2.75) is 18.6 Å². The predicted octanol–water partition coefficient (Wildman–Crippen LogP) is 3.67. The van der Waals surface area contributed by atoms with E-state index in [4.69, 9.17) is 14.2 Å². The minimum absolute atomic E-state index is 0.160. The van der Waals surface area contributed by atoms with E-state index in [-0.39, 0.29) is 11.5 Å². The Morgan fingerprint density at radius 2 is 1.87 bits per heavy atom. The van der Waals surface area contributed by atoms with Crippen molar-refractivity contribution < 1.29 is 28.6 Å². The van der Waals surface area contributed by atoms with Gasteiger partial charge in [-0.1, -0.05) is 43.0 Å². The second kappa shape index (κ2) is 9.74. The summed E-state index contributed by atoms with van der Waals surface area (Å²) in [5.74, 6) is -2.47. The number of carbonyl (C=O) groups is 3. The summed E-state index contributed by atoms with van der Waals surface area (Å²) in [5.41, 5.74) is 0.339. The van der Waals surface area contributed by atoms with Crippen LogP contribution in [-0.4, -0.2) is 49.5 Å². The van der Waals surface area contributed by atoms with Crippen molar-refractivity contribution in [1.82, 2.24) is 4.98 Å². The highest BCUT2D eigenvalue weighted by atomic mass is 32.2. The summed E-state index contributed by atoms with van der Waals surface area (Å²) in [7, 11) is 2.50. The molecule has 31 heavy (non-hydrogen) atoms. The van der Waals surface area contributed by atoms with Gasteiger partial charge in [0, 0.05) is 16.5 Å². The van der Waals surface area contributed by atoms with Crippen LogP contribution in [0.5, 0.6) is 0 Å². The van der Waals surface area contributed by atoms with Gasteiger partial charge in [0.1, 0.15) is 10.8 Å². The maximum Gasteiger partial charge on any atom is 0.345 e. The van der Waals surface area contributed by atoms with Gasteiger partial charge in [0.25, 0.3) is 0 Å². The first-order chi connectivity index (χ1) is 15.0. The Hall–Kier alpha value is -2.52. The van der Waals surface area contributed by atoms with Crippen molar-refractivity contribution in [1.29, 1.82) is 0 Å². The van der Waals surface area contributed by atoms with Crippen molar-refractivity contribution in [3.8, 4) is 0 Å². The van der Waals surface area contributed by atoms with Gasteiger partial charge in [0.15, 0.2) is 4.75 Å². The van der Waals surface area contributed by atoms with E-state index in [1.807, 2.05) is 37.3 Å². The van der Waals surface area contributed by atoms with E-state index in [2.05, 4.69) is 4.98 Å². The van der Waals surface area contributed by atoms with E-state index < -0.39 is 28.6 Å². The van der Waals surface area contributed by atoms with Gasteiger partial charge in [0.05, 0.1) is 26.5 Å². The highest BCUT2D eigenvalue weighted by molar-refractivity contribution is 8.09. The number of hydrogen-bond donors (Lipinski definition) is 0. The molecule has 0 N–H and O–H groups in total. The molecule has 7 nitrogen and oxygen atoms in total. The Morgan fingerprint density at radius 1 is 1.13 bits per heavy atom. The summed E-state index contributed by atoms with van der Waals surface area (Å²) < 4.78 is 13.9. The molecule has 0 bridgehead atoms. The number of benzene rings is 1. The molecule has 1 aromatic carbocycles. The third kappa shape index (κ3) is 3.92. The van der Waals surface area contributed by atoms with E-state index in [1.165, 1.54) is 26.0 Å². The number of ether oxygens (including phenoxy) is 3. The smallest absolute Gasteiger partial charge is 0.345 e. The van der Waals surface area contributed by atoms with E-state index >= 15 is 0 Å². The van der Waals surface area contributed by atoms with Gasteiger partial charge in [-0.25, -0.2) is 4.79 Å². The quantitative estimate of drug-likeness (QED) is 0.452. The lowest BCUT2D eigenvalue weighted by Crippen LogP contribution is -2.44. The Kier molecular flexibility index (Phi) is 7.27. The minimum atomic E-state index is -1.64. The van der Waals surface area contributed by atoms with Crippen molar-refractivity contribution in [3.63, 3.8) is 0 Å². The van der Waals surface area contributed by atoms with Crippen LogP contribution < -0.4 is 0 Å². The molecule has 2 heterocycles. The van der Waals surface area contributed by atoms with Crippen LogP contribution >= 0.6 is 23.5 Å². The van der Waals surface area contributed by atoms with Gasteiger partial charge in [0.2, 0.25) is 0 Å². The standard InChI is InChI=1S/C22H23NO6S2/c1-5-29-20(25)17-16(30-6-2)15(19(24)27-3)22(31-17,21(26)28-4)18-14-10-8-7-9-13(14)11-12-23-18/h7-12,15H,5-6H2,1-4H3. The average molecular weight is 462 g/mol. The lowest BCUT2D eigenvalue weighted by atomic mass is 9.85. The average Bonchev–Trinajstić information content (AvgIpc) is 3.14. The highest BCUT2D eigenvalue weighted by Crippen LogP contribution is 2.60. The van der Waals surface area contributed by atoms with Crippen molar-refractivity contribution in [3.05, 3.63) is 52.0 Å². The summed E-state index contributed by atoms with van der Waals surface area (Å²) in [6, 6.07) is 9.23. The fourth-order valence-corrected chi connectivity index (χ4v) is 6.41. The zero-order valence-electron chi connectivity index (χ0n) is 17.7. The zero-order chi connectivity index (χ0) is 22.6. The van der Waals surface area contributed by atoms with Crippen LogP contribution in [0.15, 0.2) is 46.3 Å². The summed E-state index contributed by atoms with van der Waals surface area (Å²) in [5, 5.41) is 1.53. The second-order valence-corrected chi connectivity index (χ2v) is 9.08. The third-order valence-electron chi connectivity index (χ3n) is 4.87. The van der Waals surface area contributed by atoms with Crippen LogP contribution in [0, 0.1) is 5.92 Å². The number of aromatic nitrogens is 1. The molecule has 3 rings (SSSR count). The number of methoxy groups -OCH3 is 2. The van der Waals surface area contributed by atoms with Crippen LogP contribution in [0.25, 0.3) is 10.8 Å². The van der Waals surface area contributed by atoms with E-state index in [0.717, 1.165) is 17.1 Å². The molecule has 0 fully saturated rings. The van der Waals surface area contributed by atoms with Gasteiger partial charge in [-0.05, 0) is 24.1 Å². The fraction of sp³-hybridized carbons (Fsp3) is 0.364. The molecule has 2 atom stereocenters. The molecule has 0 radical (unpaired) electrons. The Balaban J connectivity index is 2.36. The third-order valence-corrected chi connectivity index (χ3v) is 7.54. The Morgan fingerprint density at radius 3 is 2.52 bits per heavy atom. The van der Waals surface area contributed by atoms with Gasteiger partial charge in [-0.3, -0.25) is 14.6 Å². The van der Waals surface area contributed by atoms with E-state index in [1.54, 1.807) is 13.1 Å². The van der Waals surface area contributed by atoms with Crippen molar-refractivity contribution >= 4 is 52.2 Å². The molecule has 2 aromatic rings. The Labute approximate surface area is 188 Å². The lowest BCUT2D eigenvalue weighted by molar-refractivity contribution is -0.153. The molecule has 164 valence electrons. The number of carbonyl (C=O) groups excluding carboxylic acids is 3. The normalized spacial score (nSPS) is 20.6. The number of esters is 3. The molecule has 1 aromatic heterocycles. The van der Waals surface area contributed by atoms with Crippen molar-refractivity contribution in [2.75, 3.05) is 26.6 Å². The summed E-state index contributed by atoms with van der Waals surface area (Å²) in [4.78, 5) is 44.5. The maximum atomic E-state index is 13.4. The summed E-state index contributed by atoms with van der Waals surface area (Å²) in [6.45, 7) is 3.75. The predicted molar refractivity (Wildman–Crippen MR) is 120 cm³/mol. The number of thioether (sulfide) groups is 2. The summed E-state index contributed by atoms with van der Waals surface area (Å²) >= 11 is 2.26. The SMILES string of the molecule is CCOC(=O)C1=C(SCC)C(C(=O)OC)C(C(=O)OC)(c2nccc3ccccc23)S1. The van der Waals surface area contributed by atoms with Crippen LogP contribution in [-0.2, 0) is 33.3 Å². The zero-order valence-corrected chi connectivity index (χ0v) is 19.3. The molecule has 2 unspecified atom stereocenters. The summed E-state index contributed by atoms with van der Waals surface area (Å²) in [6.07, 6.45) is 1.58. The highest BCUT2D eigenvalue weighted by Gasteiger charge is 2.62. The van der Waals surface area contributed by atoms with Crippen molar-refractivity contribution in [2.24, 2.45) is 5.92 Å². The molecule has 9 heteroatoms. The molecule has 0 saturated heterocycles. The molecule has 1 aliphatic heterocycles. The number of nitrogens with zero attached hydrogens (tertiary/aromatic N) is 1. The molecule has 0 saturated carbocycles. The number of hydrogen-bond acceptors (Lipinski definition) is 9. The fourth-order valence-electron chi connectivity index (χ4n) is 3.63. The second-order valence-electron chi connectivity index (χ2n) is 6.51. The minimum Gasteiger partial charge on any atom is -0.468 e. The Bertz CT molecular complexity index is 1050. The van der Waals surface area contributed by atoms with Gasteiger partial charge >= 0.3 is 17.9 Å². The first-order valence-electron chi connectivity index (χ1n) is 9.69. The molecule has 0 amide bonds.